The van der Waals surface area contributed by atoms with Gasteiger partial charge in [-0.3, -0.25) is 9.59 Å². The number of benzene rings is 4. The summed E-state index contributed by atoms with van der Waals surface area (Å²) in [5.41, 5.74) is 3.71. The molecule has 0 heterocycles. The van der Waals surface area contributed by atoms with Gasteiger partial charge in [0.25, 0.3) is 0 Å². The Labute approximate surface area is 184 Å². The van der Waals surface area contributed by atoms with E-state index in [2.05, 4.69) is 36.4 Å². The van der Waals surface area contributed by atoms with Crippen LogP contribution in [0.2, 0.25) is 0 Å². The molecular formula is C27H20O5. The molecule has 0 amide bonds. The Kier molecular flexibility index (Phi) is 4.86. The summed E-state index contributed by atoms with van der Waals surface area (Å²) >= 11 is 0. The Morgan fingerprint density at radius 3 is 2.56 bits per heavy atom. The number of aliphatic carboxylic acids is 1. The zero-order chi connectivity index (χ0) is 22.2. The molecule has 5 nitrogen and oxygen atoms in total. The number of esters is 1. The van der Waals surface area contributed by atoms with Crippen molar-refractivity contribution in [3.05, 3.63) is 77.9 Å². The van der Waals surface area contributed by atoms with Crippen LogP contribution in [-0.2, 0) is 16.0 Å². The first-order valence-corrected chi connectivity index (χ1v) is 10.4. The van der Waals surface area contributed by atoms with Crippen LogP contribution in [-0.4, -0.2) is 22.2 Å². The molecule has 1 aliphatic carbocycles. The second-order valence-corrected chi connectivity index (χ2v) is 7.85. The van der Waals surface area contributed by atoms with Gasteiger partial charge in [0.2, 0.25) is 0 Å². The van der Waals surface area contributed by atoms with E-state index in [1.807, 2.05) is 18.2 Å². The van der Waals surface area contributed by atoms with Crippen LogP contribution in [0.25, 0.3) is 38.7 Å². The molecule has 0 radical (unpaired) electrons. The van der Waals surface area contributed by atoms with Crippen molar-refractivity contribution in [3.8, 4) is 22.6 Å². The molecule has 0 atom stereocenters. The number of ether oxygens (including phenoxy) is 1. The highest BCUT2D eigenvalue weighted by Gasteiger charge is 2.17. The number of carbonyl (C=O) groups excluding carboxylic acids is 1. The van der Waals surface area contributed by atoms with Crippen LogP contribution in [0, 0.1) is 0 Å². The average Bonchev–Trinajstić information content (AvgIpc) is 3.26. The lowest BCUT2D eigenvalue weighted by Crippen LogP contribution is -2.10. The zero-order valence-electron chi connectivity index (χ0n) is 17.2. The lowest BCUT2D eigenvalue weighted by atomic mass is 9.93. The molecule has 4 aromatic carbocycles. The maximum atomic E-state index is 12.1. The summed E-state index contributed by atoms with van der Waals surface area (Å²) in [6, 6.07) is 19.1. The van der Waals surface area contributed by atoms with Gasteiger partial charge in [0, 0.05) is 0 Å². The quantitative estimate of drug-likeness (QED) is 0.244. The van der Waals surface area contributed by atoms with E-state index in [-0.39, 0.29) is 24.3 Å². The van der Waals surface area contributed by atoms with E-state index >= 15 is 0 Å². The SMILES string of the molecule is O=C(O)CCC(=O)Oc1cccc(O)c1-c1ccc2c(ccc3c4c(ccc32)C=CC4)c1. The molecule has 2 N–H and O–H groups in total. The number of carboxylic acids is 1. The number of carbonyl (C=O) groups is 2. The number of hydrogen-bond donors (Lipinski definition) is 2. The molecule has 0 aromatic heterocycles. The van der Waals surface area contributed by atoms with Crippen LogP contribution in [0.15, 0.2) is 66.7 Å². The number of allylic oxidation sites excluding steroid dienone is 1. The van der Waals surface area contributed by atoms with E-state index in [4.69, 9.17) is 9.84 Å². The summed E-state index contributed by atoms with van der Waals surface area (Å²) in [6.07, 6.45) is 4.71. The maximum absolute atomic E-state index is 12.1. The van der Waals surface area contributed by atoms with Crippen molar-refractivity contribution in [1.82, 2.24) is 0 Å². The normalized spacial score (nSPS) is 12.2. The average molecular weight is 424 g/mol. The molecule has 32 heavy (non-hydrogen) atoms. The highest BCUT2D eigenvalue weighted by atomic mass is 16.5. The molecule has 0 unspecified atom stereocenters. The van der Waals surface area contributed by atoms with Crippen molar-refractivity contribution >= 4 is 39.6 Å². The van der Waals surface area contributed by atoms with Crippen LogP contribution in [0.3, 0.4) is 0 Å². The summed E-state index contributed by atoms with van der Waals surface area (Å²) in [5.74, 6) is -1.54. The molecule has 0 aliphatic heterocycles. The first-order chi connectivity index (χ1) is 15.5. The topological polar surface area (TPSA) is 83.8 Å². The molecule has 0 fully saturated rings. The first kappa shape index (κ1) is 19.8. The second-order valence-electron chi connectivity index (χ2n) is 7.85. The lowest BCUT2D eigenvalue weighted by Gasteiger charge is -2.14. The third-order valence-electron chi connectivity index (χ3n) is 5.84. The molecule has 158 valence electrons. The minimum Gasteiger partial charge on any atom is -0.507 e. The molecule has 0 bridgehead atoms. The van der Waals surface area contributed by atoms with E-state index in [0.29, 0.717) is 11.1 Å². The standard InChI is InChI=1S/C27H20O5/c28-23-5-2-6-24(32-26(31)14-13-25(29)30)27(23)18-9-10-20-17(15-18)8-12-21-19-4-1-3-16(19)7-11-22(20)21/h1-3,5-12,15,28H,4,13-14H2,(H,29,30). The molecular weight excluding hydrogens is 404 g/mol. The number of phenolic OH excluding ortho intramolecular Hbond substituents is 1. The third-order valence-corrected chi connectivity index (χ3v) is 5.84. The summed E-state index contributed by atoms with van der Waals surface area (Å²) in [5, 5.41) is 23.8. The van der Waals surface area contributed by atoms with Gasteiger partial charge in [-0.15, -0.1) is 0 Å². The molecule has 1 aliphatic rings. The van der Waals surface area contributed by atoms with Crippen LogP contribution in [0.1, 0.15) is 24.0 Å². The number of aromatic hydroxyl groups is 1. The number of phenols is 1. The van der Waals surface area contributed by atoms with Crippen molar-refractivity contribution < 1.29 is 24.5 Å². The summed E-state index contributed by atoms with van der Waals surface area (Å²) in [6.45, 7) is 0. The lowest BCUT2D eigenvalue weighted by molar-refractivity contribution is -0.142. The van der Waals surface area contributed by atoms with Gasteiger partial charge in [0.15, 0.2) is 0 Å². The smallest absolute Gasteiger partial charge is 0.311 e. The van der Waals surface area contributed by atoms with Gasteiger partial charge in [-0.05, 0) is 62.9 Å². The van der Waals surface area contributed by atoms with Crippen molar-refractivity contribution in [2.45, 2.75) is 19.3 Å². The maximum Gasteiger partial charge on any atom is 0.311 e. The van der Waals surface area contributed by atoms with Crippen molar-refractivity contribution in [2.24, 2.45) is 0 Å². The molecule has 0 saturated carbocycles. The summed E-state index contributed by atoms with van der Waals surface area (Å²) in [7, 11) is 0. The fourth-order valence-corrected chi connectivity index (χ4v) is 4.35. The van der Waals surface area contributed by atoms with E-state index in [1.165, 1.54) is 28.0 Å². The molecule has 0 saturated heterocycles. The van der Waals surface area contributed by atoms with Crippen molar-refractivity contribution in [2.75, 3.05) is 0 Å². The van der Waals surface area contributed by atoms with Crippen LogP contribution in [0.4, 0.5) is 0 Å². The van der Waals surface area contributed by atoms with Crippen LogP contribution >= 0.6 is 0 Å². The van der Waals surface area contributed by atoms with Gasteiger partial charge in [0.05, 0.1) is 18.4 Å². The Morgan fingerprint density at radius 2 is 1.72 bits per heavy atom. The predicted octanol–water partition coefficient (Wildman–Crippen LogP) is 5.71. The molecule has 4 aromatic rings. The molecule has 0 spiro atoms. The van der Waals surface area contributed by atoms with Gasteiger partial charge >= 0.3 is 11.9 Å². The Morgan fingerprint density at radius 1 is 0.906 bits per heavy atom. The van der Waals surface area contributed by atoms with Crippen molar-refractivity contribution in [1.29, 1.82) is 0 Å². The minimum absolute atomic E-state index is 0.0161. The van der Waals surface area contributed by atoms with Crippen LogP contribution in [0.5, 0.6) is 11.5 Å². The van der Waals surface area contributed by atoms with Gasteiger partial charge in [-0.25, -0.2) is 0 Å². The largest absolute Gasteiger partial charge is 0.507 e. The molecule has 5 heteroatoms. The first-order valence-electron chi connectivity index (χ1n) is 10.4. The minimum atomic E-state index is -1.07. The van der Waals surface area contributed by atoms with E-state index in [1.54, 1.807) is 12.1 Å². The molecule has 5 rings (SSSR count). The van der Waals surface area contributed by atoms with E-state index in [0.717, 1.165) is 17.2 Å². The van der Waals surface area contributed by atoms with Gasteiger partial charge in [-0.1, -0.05) is 54.6 Å². The number of carboxylic acid groups (broad SMARTS) is 1. The summed E-state index contributed by atoms with van der Waals surface area (Å²) in [4.78, 5) is 22.8. The monoisotopic (exact) mass is 424 g/mol. The fourth-order valence-electron chi connectivity index (χ4n) is 4.35. The number of hydrogen-bond acceptors (Lipinski definition) is 4. The fraction of sp³-hybridized carbons (Fsp3) is 0.111. The van der Waals surface area contributed by atoms with E-state index < -0.39 is 11.9 Å². The van der Waals surface area contributed by atoms with Gasteiger partial charge < -0.3 is 14.9 Å². The Hall–Kier alpha value is -4.12. The van der Waals surface area contributed by atoms with Gasteiger partial charge in [-0.2, -0.15) is 0 Å². The second kappa shape index (κ2) is 7.85. The Balaban J connectivity index is 1.56. The van der Waals surface area contributed by atoms with E-state index in [9.17, 15) is 14.7 Å². The van der Waals surface area contributed by atoms with Gasteiger partial charge in [0.1, 0.15) is 11.5 Å². The Bertz CT molecular complexity index is 1430. The summed E-state index contributed by atoms with van der Waals surface area (Å²) < 4.78 is 5.39. The highest BCUT2D eigenvalue weighted by Crippen LogP contribution is 2.40. The van der Waals surface area contributed by atoms with Crippen LogP contribution < -0.4 is 4.74 Å². The predicted molar refractivity (Wildman–Crippen MR) is 124 cm³/mol. The number of fused-ring (bicyclic) bond motifs is 5. The third kappa shape index (κ3) is 3.48. The van der Waals surface area contributed by atoms with Crippen molar-refractivity contribution in [3.63, 3.8) is 0 Å². The highest BCUT2D eigenvalue weighted by molar-refractivity contribution is 6.10. The number of rotatable bonds is 5. The zero-order valence-corrected chi connectivity index (χ0v) is 17.2.